The van der Waals surface area contributed by atoms with Gasteiger partial charge in [-0.05, 0) is 38.8 Å². The zero-order chi connectivity index (χ0) is 18.4. The highest BCUT2D eigenvalue weighted by atomic mass is 32.1. The van der Waals surface area contributed by atoms with E-state index in [0.717, 1.165) is 50.0 Å². The molecule has 0 saturated heterocycles. The molecule has 0 bridgehead atoms. The summed E-state index contributed by atoms with van der Waals surface area (Å²) in [4.78, 5) is 7.12. The van der Waals surface area contributed by atoms with Crippen LogP contribution in [0.4, 0.5) is 0 Å². The molecule has 2 aromatic rings. The van der Waals surface area contributed by atoms with Crippen LogP contribution in [-0.4, -0.2) is 40.4 Å². The van der Waals surface area contributed by atoms with Crippen LogP contribution in [0.5, 0.6) is 0 Å². The molecule has 1 aliphatic rings. The van der Waals surface area contributed by atoms with Crippen molar-refractivity contribution in [2.75, 3.05) is 13.6 Å². The van der Waals surface area contributed by atoms with Crippen LogP contribution in [0.3, 0.4) is 0 Å². The standard InChI is InChI=1S/C19H30N6S/c1-14(13-16-9-8-15(2)26-16)22-19(20-3)21-11-10-18-24-23-17-7-5-4-6-12-25(17)18/h8-9,14H,4-7,10-13H2,1-3H3,(H2,20,21,22). The van der Waals surface area contributed by atoms with Gasteiger partial charge in [0.15, 0.2) is 5.96 Å². The highest BCUT2D eigenvalue weighted by molar-refractivity contribution is 7.11. The van der Waals surface area contributed by atoms with E-state index in [9.17, 15) is 0 Å². The summed E-state index contributed by atoms with van der Waals surface area (Å²) in [5, 5.41) is 15.7. The van der Waals surface area contributed by atoms with Crippen molar-refractivity contribution in [3.63, 3.8) is 0 Å². The molecule has 3 rings (SSSR count). The van der Waals surface area contributed by atoms with E-state index in [2.05, 4.69) is 56.4 Å². The average molecular weight is 375 g/mol. The number of rotatable bonds is 6. The fourth-order valence-electron chi connectivity index (χ4n) is 3.40. The molecule has 0 radical (unpaired) electrons. The Morgan fingerprint density at radius 1 is 1.31 bits per heavy atom. The second-order valence-corrected chi connectivity index (χ2v) is 8.38. The Bertz CT molecular complexity index is 732. The number of hydrogen-bond donors (Lipinski definition) is 2. The molecule has 0 aliphatic carbocycles. The molecule has 0 aromatic carbocycles. The topological polar surface area (TPSA) is 67.1 Å². The molecule has 1 atom stereocenters. The minimum atomic E-state index is 0.337. The summed E-state index contributed by atoms with van der Waals surface area (Å²) in [7, 11) is 1.82. The molecule has 142 valence electrons. The summed E-state index contributed by atoms with van der Waals surface area (Å²) in [6.07, 6.45) is 6.69. The van der Waals surface area contributed by atoms with Crippen molar-refractivity contribution in [1.29, 1.82) is 0 Å². The molecule has 1 unspecified atom stereocenters. The minimum absolute atomic E-state index is 0.337. The van der Waals surface area contributed by atoms with Gasteiger partial charge in [-0.25, -0.2) is 0 Å². The number of aromatic nitrogens is 3. The van der Waals surface area contributed by atoms with Crippen LogP contribution in [-0.2, 0) is 25.8 Å². The lowest BCUT2D eigenvalue weighted by Gasteiger charge is -2.17. The molecule has 0 fully saturated rings. The molecular weight excluding hydrogens is 344 g/mol. The number of nitrogens with one attached hydrogen (secondary N) is 2. The Morgan fingerprint density at radius 3 is 2.96 bits per heavy atom. The molecule has 3 heterocycles. The van der Waals surface area contributed by atoms with E-state index < -0.39 is 0 Å². The summed E-state index contributed by atoms with van der Waals surface area (Å²) in [5.41, 5.74) is 0. The van der Waals surface area contributed by atoms with Crippen molar-refractivity contribution in [3.05, 3.63) is 33.5 Å². The van der Waals surface area contributed by atoms with Crippen molar-refractivity contribution in [3.8, 4) is 0 Å². The molecule has 0 spiro atoms. The van der Waals surface area contributed by atoms with Crippen LogP contribution < -0.4 is 10.6 Å². The van der Waals surface area contributed by atoms with Gasteiger partial charge in [0.1, 0.15) is 11.6 Å². The summed E-state index contributed by atoms with van der Waals surface area (Å²) < 4.78 is 2.31. The van der Waals surface area contributed by atoms with E-state index in [4.69, 9.17) is 0 Å². The Morgan fingerprint density at radius 2 is 2.19 bits per heavy atom. The van der Waals surface area contributed by atoms with Gasteiger partial charge < -0.3 is 15.2 Å². The maximum Gasteiger partial charge on any atom is 0.191 e. The van der Waals surface area contributed by atoms with E-state index in [1.165, 1.54) is 29.0 Å². The van der Waals surface area contributed by atoms with Crippen molar-refractivity contribution >= 4 is 17.3 Å². The zero-order valence-electron chi connectivity index (χ0n) is 16.1. The maximum absolute atomic E-state index is 4.40. The van der Waals surface area contributed by atoms with Crippen molar-refractivity contribution in [2.45, 2.75) is 65.0 Å². The number of aryl methyl sites for hydroxylation is 2. The number of thiophene rings is 1. The summed E-state index contributed by atoms with van der Waals surface area (Å²) in [6, 6.07) is 4.73. The van der Waals surface area contributed by atoms with Crippen molar-refractivity contribution < 1.29 is 0 Å². The number of nitrogens with zero attached hydrogens (tertiary/aromatic N) is 4. The van der Waals surface area contributed by atoms with Gasteiger partial charge in [-0.15, -0.1) is 21.5 Å². The average Bonchev–Trinajstić information content (AvgIpc) is 3.11. The first-order valence-electron chi connectivity index (χ1n) is 9.59. The van der Waals surface area contributed by atoms with Gasteiger partial charge >= 0.3 is 0 Å². The van der Waals surface area contributed by atoms with E-state index in [1.807, 2.05) is 18.4 Å². The van der Waals surface area contributed by atoms with E-state index in [0.29, 0.717) is 6.04 Å². The van der Waals surface area contributed by atoms with Crippen LogP contribution in [0.1, 0.15) is 47.6 Å². The van der Waals surface area contributed by atoms with Gasteiger partial charge in [0.2, 0.25) is 0 Å². The quantitative estimate of drug-likeness (QED) is 0.603. The van der Waals surface area contributed by atoms with E-state index in [-0.39, 0.29) is 0 Å². The second-order valence-electron chi connectivity index (χ2n) is 7.01. The van der Waals surface area contributed by atoms with Crippen molar-refractivity contribution in [1.82, 2.24) is 25.4 Å². The Hall–Kier alpha value is -1.89. The smallest absolute Gasteiger partial charge is 0.191 e. The monoisotopic (exact) mass is 374 g/mol. The third-order valence-electron chi connectivity index (χ3n) is 4.74. The summed E-state index contributed by atoms with van der Waals surface area (Å²) in [5.74, 6) is 3.09. The predicted octanol–water partition coefficient (Wildman–Crippen LogP) is 2.71. The lowest BCUT2D eigenvalue weighted by molar-refractivity contribution is 0.597. The zero-order valence-corrected chi connectivity index (χ0v) is 16.9. The molecule has 2 N–H and O–H groups in total. The SMILES string of the molecule is CN=C(NCCc1nnc2n1CCCCC2)NC(C)Cc1ccc(C)s1. The Balaban J connectivity index is 1.46. The van der Waals surface area contributed by atoms with E-state index in [1.54, 1.807) is 0 Å². The number of aliphatic imine (C=N–C) groups is 1. The minimum Gasteiger partial charge on any atom is -0.356 e. The first kappa shape index (κ1) is 18.9. The molecule has 1 aliphatic heterocycles. The van der Waals surface area contributed by atoms with Crippen LogP contribution in [0.25, 0.3) is 0 Å². The second kappa shape index (κ2) is 9.16. The maximum atomic E-state index is 4.40. The summed E-state index contributed by atoms with van der Waals surface area (Å²) in [6.45, 7) is 6.21. The van der Waals surface area contributed by atoms with Crippen LogP contribution in [0.15, 0.2) is 17.1 Å². The largest absolute Gasteiger partial charge is 0.356 e. The molecular formula is C19H30N6S. The molecule has 7 heteroatoms. The van der Waals surface area contributed by atoms with Crippen molar-refractivity contribution in [2.24, 2.45) is 4.99 Å². The first-order chi connectivity index (χ1) is 12.7. The van der Waals surface area contributed by atoms with Gasteiger partial charge in [-0.1, -0.05) is 6.42 Å². The fraction of sp³-hybridized carbons (Fsp3) is 0.632. The Kier molecular flexibility index (Phi) is 6.66. The number of guanidine groups is 1. The van der Waals surface area contributed by atoms with E-state index >= 15 is 0 Å². The molecule has 26 heavy (non-hydrogen) atoms. The lowest BCUT2D eigenvalue weighted by Crippen LogP contribution is -2.43. The third kappa shape index (κ3) is 5.06. The normalized spacial score (nSPS) is 16.0. The van der Waals surface area contributed by atoms with Gasteiger partial charge in [0.05, 0.1) is 0 Å². The molecule has 0 saturated carbocycles. The number of fused-ring (bicyclic) bond motifs is 1. The van der Waals surface area contributed by atoms with Gasteiger partial charge in [-0.3, -0.25) is 4.99 Å². The lowest BCUT2D eigenvalue weighted by atomic mass is 10.2. The van der Waals surface area contributed by atoms with Gasteiger partial charge in [0, 0.05) is 55.2 Å². The molecule has 6 nitrogen and oxygen atoms in total. The molecule has 0 amide bonds. The van der Waals surface area contributed by atoms with Crippen LogP contribution in [0, 0.1) is 6.92 Å². The summed E-state index contributed by atoms with van der Waals surface area (Å²) >= 11 is 1.86. The van der Waals surface area contributed by atoms with Crippen LogP contribution >= 0.6 is 11.3 Å². The highest BCUT2D eigenvalue weighted by Crippen LogP contribution is 2.17. The van der Waals surface area contributed by atoms with Gasteiger partial charge in [-0.2, -0.15) is 0 Å². The Labute approximate surface area is 160 Å². The highest BCUT2D eigenvalue weighted by Gasteiger charge is 2.14. The molecule has 2 aromatic heterocycles. The number of hydrogen-bond acceptors (Lipinski definition) is 4. The third-order valence-corrected chi connectivity index (χ3v) is 5.76. The fourth-order valence-corrected chi connectivity index (χ4v) is 4.42. The van der Waals surface area contributed by atoms with Crippen LogP contribution in [0.2, 0.25) is 0 Å². The predicted molar refractivity (Wildman–Crippen MR) is 108 cm³/mol. The first-order valence-corrected chi connectivity index (χ1v) is 10.4. The van der Waals surface area contributed by atoms with Gasteiger partial charge in [0.25, 0.3) is 0 Å².